The Hall–Kier alpha value is -3.60. The van der Waals surface area contributed by atoms with Gasteiger partial charge in [-0.25, -0.2) is 10.4 Å². The highest BCUT2D eigenvalue weighted by atomic mass is 79.9. The van der Waals surface area contributed by atoms with Gasteiger partial charge in [-0.05, 0) is 94.6 Å². The minimum Gasteiger partial charge on any atom is -0.490 e. The molecule has 0 unspecified atom stereocenters. The number of carbonyl (C=O) groups excluding carboxylic acids is 1. The van der Waals surface area contributed by atoms with Gasteiger partial charge in [0.15, 0.2) is 16.6 Å². The van der Waals surface area contributed by atoms with Crippen molar-refractivity contribution in [3.63, 3.8) is 0 Å². The van der Waals surface area contributed by atoms with Crippen LogP contribution < -0.4 is 20.2 Å². The number of ether oxygens (including phenoxy) is 2. The molecule has 1 heterocycles. The minimum atomic E-state index is -0.346. The molecule has 0 saturated carbocycles. The van der Waals surface area contributed by atoms with E-state index in [1.165, 1.54) is 17.6 Å². The predicted molar refractivity (Wildman–Crippen MR) is 183 cm³/mol. The average molecular weight is 731 g/mol. The maximum absolute atomic E-state index is 12.7. The van der Waals surface area contributed by atoms with Crippen molar-refractivity contribution in [1.82, 2.24) is 10.4 Å². The molecule has 0 bridgehead atoms. The van der Waals surface area contributed by atoms with Crippen molar-refractivity contribution in [2.75, 3.05) is 11.9 Å². The van der Waals surface area contributed by atoms with Crippen LogP contribution in [0.25, 0.3) is 11.3 Å². The van der Waals surface area contributed by atoms with Gasteiger partial charge in [0.05, 0.1) is 33.0 Å². The number of rotatable bonds is 11. The molecule has 0 aliphatic carbocycles. The quantitative estimate of drug-likeness (QED) is 0.104. The summed E-state index contributed by atoms with van der Waals surface area (Å²) in [6.07, 6.45) is 1.53. The van der Waals surface area contributed by atoms with E-state index in [9.17, 15) is 4.79 Å². The van der Waals surface area contributed by atoms with E-state index >= 15 is 0 Å². The standard InChI is InChI=1S/C32H24BrCl3N4O3S/c1-2-42-29-15-20(13-25(33)30(29)43-17-19-3-12-26(35)27(36)14-19)16-37-40-31(41)22-6-4-21(5-7-22)28-18-44-32(39-28)38-24-10-8-23(34)9-11-24/h3-16,18H,2,17H2,1H3,(H,38,39)(H,40,41)/b37-16-. The Morgan fingerprint density at radius 3 is 2.48 bits per heavy atom. The maximum Gasteiger partial charge on any atom is 0.271 e. The lowest BCUT2D eigenvalue weighted by Crippen LogP contribution is -2.17. The summed E-state index contributed by atoms with van der Waals surface area (Å²) in [6, 6.07) is 23.5. The third-order valence-electron chi connectivity index (χ3n) is 6.12. The van der Waals surface area contributed by atoms with Crippen LogP contribution in [0.4, 0.5) is 10.8 Å². The summed E-state index contributed by atoms with van der Waals surface area (Å²) in [5.74, 6) is 0.716. The molecular formula is C32H24BrCl3N4O3S. The van der Waals surface area contributed by atoms with E-state index in [2.05, 4.69) is 36.8 Å². The molecule has 1 amide bonds. The smallest absolute Gasteiger partial charge is 0.271 e. The van der Waals surface area contributed by atoms with E-state index in [1.54, 1.807) is 30.3 Å². The van der Waals surface area contributed by atoms with E-state index in [0.717, 1.165) is 27.6 Å². The monoisotopic (exact) mass is 728 g/mol. The summed E-state index contributed by atoms with van der Waals surface area (Å²) < 4.78 is 12.5. The molecule has 0 spiro atoms. The molecular weight excluding hydrogens is 707 g/mol. The number of anilines is 2. The van der Waals surface area contributed by atoms with Crippen LogP contribution in [0, 0.1) is 0 Å². The number of nitrogens with one attached hydrogen (secondary N) is 2. The second kappa shape index (κ2) is 14.9. The molecule has 224 valence electrons. The van der Waals surface area contributed by atoms with Crippen LogP contribution >= 0.6 is 62.1 Å². The fourth-order valence-electron chi connectivity index (χ4n) is 3.99. The van der Waals surface area contributed by atoms with Gasteiger partial charge >= 0.3 is 0 Å². The van der Waals surface area contributed by atoms with Crippen molar-refractivity contribution in [3.8, 4) is 22.8 Å². The molecule has 5 rings (SSSR count). The van der Waals surface area contributed by atoms with Crippen LogP contribution in [0.5, 0.6) is 11.5 Å². The van der Waals surface area contributed by atoms with Gasteiger partial charge in [-0.2, -0.15) is 5.10 Å². The largest absolute Gasteiger partial charge is 0.490 e. The van der Waals surface area contributed by atoms with Gasteiger partial charge in [0.25, 0.3) is 5.91 Å². The average Bonchev–Trinajstić information content (AvgIpc) is 3.48. The number of aromatic nitrogens is 1. The molecule has 0 aliphatic rings. The number of nitrogens with zero attached hydrogens (tertiary/aromatic N) is 2. The first kappa shape index (κ1) is 31.8. The summed E-state index contributed by atoms with van der Waals surface area (Å²) in [7, 11) is 0. The highest BCUT2D eigenvalue weighted by Gasteiger charge is 2.13. The third-order valence-corrected chi connectivity index (χ3v) is 8.46. The van der Waals surface area contributed by atoms with E-state index < -0.39 is 0 Å². The number of thiazole rings is 1. The summed E-state index contributed by atoms with van der Waals surface area (Å²) in [6.45, 7) is 2.58. The van der Waals surface area contributed by atoms with E-state index in [-0.39, 0.29) is 12.5 Å². The summed E-state index contributed by atoms with van der Waals surface area (Å²) in [5, 5.41) is 11.7. The first-order valence-electron chi connectivity index (χ1n) is 13.2. The Bertz CT molecular complexity index is 1800. The summed E-state index contributed by atoms with van der Waals surface area (Å²) in [4.78, 5) is 17.4. The van der Waals surface area contributed by atoms with Gasteiger partial charge < -0.3 is 14.8 Å². The van der Waals surface area contributed by atoms with E-state index in [4.69, 9.17) is 44.3 Å². The molecule has 44 heavy (non-hydrogen) atoms. The number of benzene rings is 4. The topological polar surface area (TPSA) is 84.8 Å². The second-order valence-corrected chi connectivity index (χ2v) is 12.2. The normalized spacial score (nSPS) is 11.0. The van der Waals surface area contributed by atoms with Gasteiger partial charge in [-0.3, -0.25) is 4.79 Å². The SMILES string of the molecule is CCOc1cc(/C=N\NC(=O)c2ccc(-c3csc(Nc4ccc(Cl)cc4)n3)cc2)cc(Br)c1OCc1ccc(Cl)c(Cl)c1. The number of amides is 1. The van der Waals surface area contributed by atoms with Crippen LogP contribution in [-0.4, -0.2) is 23.7 Å². The molecule has 0 aliphatic heterocycles. The zero-order chi connectivity index (χ0) is 31.1. The van der Waals surface area contributed by atoms with Crippen molar-refractivity contribution in [3.05, 3.63) is 120 Å². The van der Waals surface area contributed by atoms with Crippen LogP contribution in [-0.2, 0) is 6.61 Å². The van der Waals surface area contributed by atoms with E-state index in [1.807, 2.05) is 60.8 Å². The number of hydrazone groups is 1. The van der Waals surface area contributed by atoms with Crippen molar-refractivity contribution < 1.29 is 14.3 Å². The zero-order valence-corrected chi connectivity index (χ0v) is 27.8. The summed E-state index contributed by atoms with van der Waals surface area (Å²) in [5.41, 5.74) is 7.18. The van der Waals surface area contributed by atoms with Crippen LogP contribution in [0.3, 0.4) is 0 Å². The summed E-state index contributed by atoms with van der Waals surface area (Å²) >= 11 is 23.1. The third kappa shape index (κ3) is 8.31. The van der Waals surface area contributed by atoms with Crippen molar-refractivity contribution in [2.24, 2.45) is 5.10 Å². The van der Waals surface area contributed by atoms with Crippen molar-refractivity contribution in [2.45, 2.75) is 13.5 Å². The molecule has 0 radical (unpaired) electrons. The zero-order valence-electron chi connectivity index (χ0n) is 23.1. The Labute approximate surface area is 281 Å². The fourth-order valence-corrected chi connectivity index (χ4v) is 5.75. The van der Waals surface area contributed by atoms with Crippen molar-refractivity contribution in [1.29, 1.82) is 0 Å². The maximum atomic E-state index is 12.7. The van der Waals surface area contributed by atoms with Gasteiger partial charge in [0, 0.05) is 27.2 Å². The first-order chi connectivity index (χ1) is 21.3. The molecule has 7 nitrogen and oxygen atoms in total. The Morgan fingerprint density at radius 1 is 0.977 bits per heavy atom. The Kier molecular flexibility index (Phi) is 10.8. The molecule has 5 aromatic rings. The lowest BCUT2D eigenvalue weighted by molar-refractivity contribution is 0.0955. The second-order valence-electron chi connectivity index (χ2n) is 9.25. The van der Waals surface area contributed by atoms with Gasteiger partial charge in [0.2, 0.25) is 0 Å². The fraction of sp³-hybridized carbons (Fsp3) is 0.0938. The number of halogens is 4. The Balaban J connectivity index is 1.20. The molecule has 1 aromatic heterocycles. The van der Waals surface area contributed by atoms with E-state index in [0.29, 0.717) is 48.8 Å². The molecule has 0 saturated heterocycles. The Morgan fingerprint density at radius 2 is 1.75 bits per heavy atom. The molecule has 2 N–H and O–H groups in total. The highest BCUT2D eigenvalue weighted by Crippen LogP contribution is 2.37. The number of hydrogen-bond acceptors (Lipinski definition) is 7. The van der Waals surface area contributed by atoms with Crippen molar-refractivity contribution >= 4 is 85.0 Å². The minimum absolute atomic E-state index is 0.266. The first-order valence-corrected chi connectivity index (χ1v) is 16.0. The molecule has 0 fully saturated rings. The van der Waals surface area contributed by atoms with Gasteiger partial charge in [0.1, 0.15) is 6.61 Å². The van der Waals surface area contributed by atoms with Crippen LogP contribution in [0.1, 0.15) is 28.4 Å². The molecule has 0 atom stereocenters. The van der Waals surface area contributed by atoms with Gasteiger partial charge in [-0.1, -0.05) is 53.0 Å². The van der Waals surface area contributed by atoms with Crippen LogP contribution in [0.2, 0.25) is 15.1 Å². The lowest BCUT2D eigenvalue weighted by atomic mass is 10.1. The van der Waals surface area contributed by atoms with Gasteiger partial charge in [-0.15, -0.1) is 11.3 Å². The number of carbonyl (C=O) groups is 1. The van der Waals surface area contributed by atoms with Crippen LogP contribution in [0.15, 0.2) is 93.8 Å². The predicted octanol–water partition coefficient (Wildman–Crippen LogP) is 10.0. The molecule has 12 heteroatoms. The molecule has 4 aromatic carbocycles. The highest BCUT2D eigenvalue weighted by molar-refractivity contribution is 9.10. The lowest BCUT2D eigenvalue weighted by Gasteiger charge is -2.15. The number of hydrogen-bond donors (Lipinski definition) is 2.